The summed E-state index contributed by atoms with van der Waals surface area (Å²) in [6, 6.07) is 8.16. The van der Waals surface area contributed by atoms with Gasteiger partial charge in [0.15, 0.2) is 0 Å². The molecule has 0 aliphatic heterocycles. The fourth-order valence-electron chi connectivity index (χ4n) is 2.07. The van der Waals surface area contributed by atoms with Crippen molar-refractivity contribution in [2.45, 2.75) is 6.54 Å². The summed E-state index contributed by atoms with van der Waals surface area (Å²) in [7, 11) is 1.66. The average Bonchev–Trinajstić information content (AvgIpc) is 2.40. The molecule has 0 fully saturated rings. The van der Waals surface area contributed by atoms with Gasteiger partial charge in [-0.1, -0.05) is 12.1 Å². The van der Waals surface area contributed by atoms with Gasteiger partial charge >= 0.3 is 5.97 Å². The Morgan fingerprint density at radius 3 is 2.62 bits per heavy atom. The molecule has 0 radical (unpaired) electrons. The van der Waals surface area contributed by atoms with Gasteiger partial charge in [-0.05, 0) is 23.8 Å². The predicted molar refractivity (Wildman–Crippen MR) is 76.3 cm³/mol. The molecule has 3 N–H and O–H groups in total. The van der Waals surface area contributed by atoms with Crippen LogP contribution in [0.3, 0.4) is 0 Å². The van der Waals surface area contributed by atoms with Gasteiger partial charge in [-0.15, -0.1) is 0 Å². The van der Waals surface area contributed by atoms with Gasteiger partial charge in [0, 0.05) is 19.7 Å². The Balaban J connectivity index is 2.29. The maximum Gasteiger partial charge on any atom is 0.338 e. The second kappa shape index (κ2) is 5.78. The summed E-state index contributed by atoms with van der Waals surface area (Å²) in [6.07, 6.45) is 0. The van der Waals surface area contributed by atoms with Crippen molar-refractivity contribution < 1.29 is 18.7 Å². The van der Waals surface area contributed by atoms with Gasteiger partial charge in [-0.3, -0.25) is 0 Å². The molecule has 0 bridgehead atoms. The number of rotatable bonds is 4. The lowest BCUT2D eigenvalue weighted by Gasteiger charge is -2.21. The highest BCUT2D eigenvalue weighted by Gasteiger charge is 2.16. The molecule has 2 rings (SSSR count). The molecule has 0 atom stereocenters. The third-order valence-electron chi connectivity index (χ3n) is 3.07. The Hall–Kier alpha value is -2.63. The minimum atomic E-state index is -1.38. The van der Waals surface area contributed by atoms with Crippen LogP contribution >= 0.6 is 0 Å². The highest BCUT2D eigenvalue weighted by molar-refractivity contribution is 5.90. The normalized spacial score (nSPS) is 10.4. The fourth-order valence-corrected chi connectivity index (χ4v) is 2.07. The number of anilines is 2. The first-order valence-corrected chi connectivity index (χ1v) is 6.16. The van der Waals surface area contributed by atoms with E-state index in [0.29, 0.717) is 17.8 Å². The van der Waals surface area contributed by atoms with Crippen molar-refractivity contribution in [3.63, 3.8) is 0 Å². The summed E-state index contributed by atoms with van der Waals surface area (Å²) in [5.41, 5.74) is 6.48. The van der Waals surface area contributed by atoms with Crippen molar-refractivity contribution in [1.82, 2.24) is 0 Å². The first-order chi connectivity index (χ1) is 9.88. The Morgan fingerprint density at radius 1 is 1.29 bits per heavy atom. The largest absolute Gasteiger partial charge is 0.478 e. The molecule has 2 aromatic rings. The topological polar surface area (TPSA) is 66.6 Å². The second-order valence-corrected chi connectivity index (χ2v) is 4.68. The lowest BCUT2D eigenvalue weighted by molar-refractivity contribution is 0.0692. The first-order valence-electron chi connectivity index (χ1n) is 6.16. The SMILES string of the molecule is CN(Cc1cccc(F)c1)c1cc(F)c(C(=O)O)cc1N. The minimum Gasteiger partial charge on any atom is -0.478 e. The molecule has 0 aliphatic carbocycles. The summed E-state index contributed by atoms with van der Waals surface area (Å²) in [5.74, 6) is -2.60. The summed E-state index contributed by atoms with van der Waals surface area (Å²) in [5, 5.41) is 8.83. The van der Waals surface area contributed by atoms with Crippen LogP contribution in [0.5, 0.6) is 0 Å². The number of aromatic carboxylic acids is 1. The maximum absolute atomic E-state index is 13.7. The first kappa shape index (κ1) is 14.8. The highest BCUT2D eigenvalue weighted by atomic mass is 19.1. The van der Waals surface area contributed by atoms with E-state index in [-0.39, 0.29) is 11.5 Å². The number of nitrogens with two attached hydrogens (primary N) is 1. The lowest BCUT2D eigenvalue weighted by Crippen LogP contribution is -2.19. The molecular weight excluding hydrogens is 278 g/mol. The van der Waals surface area contributed by atoms with E-state index in [9.17, 15) is 13.6 Å². The summed E-state index contributed by atoms with van der Waals surface area (Å²) in [6.45, 7) is 0.313. The Morgan fingerprint density at radius 2 is 2.00 bits per heavy atom. The highest BCUT2D eigenvalue weighted by Crippen LogP contribution is 2.27. The monoisotopic (exact) mass is 292 g/mol. The zero-order valence-electron chi connectivity index (χ0n) is 11.3. The zero-order chi connectivity index (χ0) is 15.6. The van der Waals surface area contributed by atoms with E-state index in [4.69, 9.17) is 10.8 Å². The van der Waals surface area contributed by atoms with Gasteiger partial charge in [-0.2, -0.15) is 0 Å². The Labute approximate surface area is 120 Å². The average molecular weight is 292 g/mol. The molecule has 0 unspecified atom stereocenters. The molecule has 0 saturated carbocycles. The van der Waals surface area contributed by atoms with E-state index in [2.05, 4.69) is 0 Å². The number of nitrogen functional groups attached to an aromatic ring is 1. The van der Waals surface area contributed by atoms with Crippen LogP contribution < -0.4 is 10.6 Å². The molecule has 0 aliphatic rings. The summed E-state index contributed by atoms with van der Waals surface area (Å²) < 4.78 is 26.9. The summed E-state index contributed by atoms with van der Waals surface area (Å²) >= 11 is 0. The van der Waals surface area contributed by atoms with Gasteiger partial charge in [0.05, 0.1) is 16.9 Å². The quantitative estimate of drug-likeness (QED) is 0.850. The molecule has 110 valence electrons. The second-order valence-electron chi connectivity index (χ2n) is 4.68. The number of benzene rings is 2. The standard InChI is InChI=1S/C15H14F2N2O2/c1-19(8-9-3-2-4-10(16)5-9)14-7-12(17)11(15(20)21)6-13(14)18/h2-7H,8,18H2,1H3,(H,20,21). The molecule has 0 spiro atoms. The van der Waals surface area contributed by atoms with E-state index in [1.807, 2.05) is 0 Å². The van der Waals surface area contributed by atoms with Crippen molar-refractivity contribution in [2.24, 2.45) is 0 Å². The van der Waals surface area contributed by atoms with Gasteiger partial charge in [-0.25, -0.2) is 13.6 Å². The fraction of sp³-hybridized carbons (Fsp3) is 0.133. The van der Waals surface area contributed by atoms with Gasteiger partial charge in [0.1, 0.15) is 11.6 Å². The van der Waals surface area contributed by atoms with Crippen molar-refractivity contribution in [2.75, 3.05) is 17.7 Å². The number of halogens is 2. The van der Waals surface area contributed by atoms with Crippen LogP contribution in [0.15, 0.2) is 36.4 Å². The molecule has 6 heteroatoms. The molecule has 0 aromatic heterocycles. The molecule has 2 aromatic carbocycles. The third-order valence-corrected chi connectivity index (χ3v) is 3.07. The van der Waals surface area contributed by atoms with Crippen molar-refractivity contribution in [3.05, 3.63) is 59.2 Å². The van der Waals surface area contributed by atoms with Crippen molar-refractivity contribution in [1.29, 1.82) is 0 Å². The molecular formula is C15H14F2N2O2. The van der Waals surface area contributed by atoms with Crippen LogP contribution in [0.2, 0.25) is 0 Å². The van der Waals surface area contributed by atoms with Crippen LogP contribution in [0.25, 0.3) is 0 Å². The van der Waals surface area contributed by atoms with Crippen molar-refractivity contribution in [3.8, 4) is 0 Å². The van der Waals surface area contributed by atoms with Crippen molar-refractivity contribution >= 4 is 17.3 Å². The smallest absolute Gasteiger partial charge is 0.338 e. The van der Waals surface area contributed by atoms with E-state index < -0.39 is 17.3 Å². The minimum absolute atomic E-state index is 0.146. The number of carbonyl (C=O) groups is 1. The van der Waals surface area contributed by atoms with Crippen LogP contribution in [-0.2, 0) is 6.54 Å². The lowest BCUT2D eigenvalue weighted by atomic mass is 10.1. The molecule has 21 heavy (non-hydrogen) atoms. The number of hydrogen-bond acceptors (Lipinski definition) is 3. The molecule has 0 amide bonds. The maximum atomic E-state index is 13.7. The molecule has 4 nitrogen and oxygen atoms in total. The van der Waals surface area contributed by atoms with E-state index in [1.54, 1.807) is 24.1 Å². The molecule has 0 saturated heterocycles. The third kappa shape index (κ3) is 3.28. The number of carboxylic acid groups (broad SMARTS) is 1. The predicted octanol–water partition coefficient (Wildman–Crippen LogP) is 2.88. The zero-order valence-corrected chi connectivity index (χ0v) is 11.3. The van der Waals surface area contributed by atoms with E-state index in [1.165, 1.54) is 12.1 Å². The van der Waals surface area contributed by atoms with Crippen LogP contribution in [-0.4, -0.2) is 18.1 Å². The Kier molecular flexibility index (Phi) is 4.07. The van der Waals surface area contributed by atoms with E-state index >= 15 is 0 Å². The number of carboxylic acids is 1. The Bertz CT molecular complexity index is 689. The summed E-state index contributed by atoms with van der Waals surface area (Å²) in [4.78, 5) is 12.5. The number of nitrogens with zero attached hydrogens (tertiary/aromatic N) is 1. The van der Waals surface area contributed by atoms with Crippen LogP contribution in [0.1, 0.15) is 15.9 Å². The van der Waals surface area contributed by atoms with Gasteiger partial charge in [0.25, 0.3) is 0 Å². The van der Waals surface area contributed by atoms with Crippen LogP contribution in [0.4, 0.5) is 20.2 Å². The molecule has 0 heterocycles. The number of hydrogen-bond donors (Lipinski definition) is 2. The van der Waals surface area contributed by atoms with Crippen LogP contribution in [0, 0.1) is 11.6 Å². The van der Waals surface area contributed by atoms with E-state index in [0.717, 1.165) is 12.1 Å². The van der Waals surface area contributed by atoms with Gasteiger partial charge < -0.3 is 15.7 Å². The van der Waals surface area contributed by atoms with Gasteiger partial charge in [0.2, 0.25) is 0 Å².